The Balaban J connectivity index is 2.14. The number of carbonyl (C=O) groups excluding carboxylic acids is 2. The first kappa shape index (κ1) is 7.58. The van der Waals surface area contributed by atoms with Gasteiger partial charge in [0.05, 0.1) is 5.92 Å². The maximum atomic E-state index is 11.5. The van der Waals surface area contributed by atoms with Gasteiger partial charge in [0.2, 0.25) is 5.91 Å². The lowest BCUT2D eigenvalue weighted by Crippen LogP contribution is -2.54. The van der Waals surface area contributed by atoms with Crippen LogP contribution in [0.4, 0.5) is 4.79 Å². The van der Waals surface area contributed by atoms with E-state index in [1.165, 1.54) is 4.90 Å². The molecule has 1 unspecified atom stereocenters. The molecule has 0 aromatic rings. The summed E-state index contributed by atoms with van der Waals surface area (Å²) in [6, 6.07) is -0.0131. The Morgan fingerprint density at radius 3 is 2.67 bits per heavy atom. The van der Waals surface area contributed by atoms with Gasteiger partial charge in [-0.15, -0.1) is 0 Å². The summed E-state index contributed by atoms with van der Waals surface area (Å²) in [6.45, 7) is 2.33. The van der Waals surface area contributed by atoms with Gasteiger partial charge in [0.1, 0.15) is 0 Å². The van der Waals surface area contributed by atoms with Crippen LogP contribution in [-0.4, -0.2) is 29.4 Å². The molecule has 0 aromatic carbocycles. The minimum absolute atomic E-state index is 0.0127. The first-order valence-corrected chi connectivity index (χ1v) is 4.31. The zero-order valence-electron chi connectivity index (χ0n) is 7.04. The molecule has 0 spiro atoms. The van der Waals surface area contributed by atoms with E-state index in [9.17, 15) is 9.59 Å². The first-order chi connectivity index (χ1) is 5.70. The van der Waals surface area contributed by atoms with Crippen LogP contribution < -0.4 is 5.32 Å². The summed E-state index contributed by atoms with van der Waals surface area (Å²) in [5, 5.41) is 2.70. The second kappa shape index (κ2) is 2.47. The summed E-state index contributed by atoms with van der Waals surface area (Å²) in [4.78, 5) is 24.1. The summed E-state index contributed by atoms with van der Waals surface area (Å²) in [5.74, 6) is -0.0652. The van der Waals surface area contributed by atoms with Crippen molar-refractivity contribution in [2.75, 3.05) is 6.54 Å². The molecule has 0 aromatic heterocycles. The lowest BCUT2D eigenvalue weighted by molar-refractivity contribution is -0.133. The minimum atomic E-state index is -0.208. The third-order valence-corrected chi connectivity index (χ3v) is 2.35. The van der Waals surface area contributed by atoms with Gasteiger partial charge in [-0.05, 0) is 12.8 Å². The first-order valence-electron chi connectivity index (χ1n) is 4.31. The molecule has 4 nitrogen and oxygen atoms in total. The predicted octanol–water partition coefficient (Wildman–Crippen LogP) is 0.337. The fourth-order valence-corrected chi connectivity index (χ4v) is 1.43. The van der Waals surface area contributed by atoms with Crippen molar-refractivity contribution < 1.29 is 9.59 Å². The van der Waals surface area contributed by atoms with Crippen LogP contribution in [0.15, 0.2) is 0 Å². The summed E-state index contributed by atoms with van der Waals surface area (Å²) in [5.41, 5.74) is 0. The molecule has 2 rings (SSSR count). The van der Waals surface area contributed by atoms with E-state index in [-0.39, 0.29) is 23.9 Å². The number of nitrogens with one attached hydrogen (secondary N) is 1. The highest BCUT2D eigenvalue weighted by molar-refractivity contribution is 5.98. The van der Waals surface area contributed by atoms with Crippen molar-refractivity contribution in [2.45, 2.75) is 25.8 Å². The molecule has 0 radical (unpaired) electrons. The molecule has 1 N–H and O–H groups in total. The quantitative estimate of drug-likeness (QED) is 0.613. The van der Waals surface area contributed by atoms with Crippen LogP contribution in [0, 0.1) is 5.92 Å². The molecule has 0 bridgehead atoms. The second-order valence-corrected chi connectivity index (χ2v) is 3.53. The number of hydrogen-bond acceptors (Lipinski definition) is 2. The number of urea groups is 1. The topological polar surface area (TPSA) is 49.4 Å². The molecule has 12 heavy (non-hydrogen) atoms. The van der Waals surface area contributed by atoms with Gasteiger partial charge in [0.25, 0.3) is 0 Å². The molecule has 2 aliphatic rings. The van der Waals surface area contributed by atoms with Gasteiger partial charge < -0.3 is 5.32 Å². The number of imide groups is 1. The molecule has 66 valence electrons. The number of amides is 3. The van der Waals surface area contributed by atoms with Crippen LogP contribution in [0.1, 0.15) is 19.8 Å². The van der Waals surface area contributed by atoms with Gasteiger partial charge in [-0.25, -0.2) is 4.79 Å². The van der Waals surface area contributed by atoms with Crippen molar-refractivity contribution in [3.05, 3.63) is 0 Å². The van der Waals surface area contributed by atoms with Crippen LogP contribution in [0.25, 0.3) is 0 Å². The number of nitrogens with zero attached hydrogens (tertiary/aromatic N) is 1. The highest BCUT2D eigenvalue weighted by Crippen LogP contribution is 2.29. The van der Waals surface area contributed by atoms with Crippen molar-refractivity contribution in [3.8, 4) is 0 Å². The number of hydrogen-bond donors (Lipinski definition) is 1. The van der Waals surface area contributed by atoms with Crippen molar-refractivity contribution in [3.63, 3.8) is 0 Å². The van der Waals surface area contributed by atoms with E-state index in [2.05, 4.69) is 5.32 Å². The summed E-state index contributed by atoms with van der Waals surface area (Å²) in [7, 11) is 0. The van der Waals surface area contributed by atoms with Crippen molar-refractivity contribution in [2.24, 2.45) is 5.92 Å². The van der Waals surface area contributed by atoms with Crippen LogP contribution in [0.5, 0.6) is 0 Å². The molecular formula is C8H12N2O2. The second-order valence-electron chi connectivity index (χ2n) is 3.53. The molecular weight excluding hydrogens is 156 g/mol. The molecule has 1 aliphatic heterocycles. The Labute approximate surface area is 70.9 Å². The fraction of sp³-hybridized carbons (Fsp3) is 0.750. The SMILES string of the molecule is CC1CNC(=O)N(C2CC2)C1=O. The van der Waals surface area contributed by atoms with E-state index in [0.717, 1.165) is 12.8 Å². The Hall–Kier alpha value is -1.06. The van der Waals surface area contributed by atoms with Gasteiger partial charge in [-0.3, -0.25) is 9.69 Å². The van der Waals surface area contributed by atoms with E-state index in [4.69, 9.17) is 0 Å². The van der Waals surface area contributed by atoms with Gasteiger partial charge in [0, 0.05) is 12.6 Å². The van der Waals surface area contributed by atoms with Crippen LogP contribution in [0.3, 0.4) is 0 Å². The Bertz CT molecular complexity index is 235. The van der Waals surface area contributed by atoms with E-state index in [0.29, 0.717) is 6.54 Å². The third-order valence-electron chi connectivity index (χ3n) is 2.35. The van der Waals surface area contributed by atoms with E-state index in [1.54, 1.807) is 0 Å². The highest BCUT2D eigenvalue weighted by Gasteiger charge is 2.41. The summed E-state index contributed by atoms with van der Waals surface area (Å²) in [6.07, 6.45) is 1.96. The van der Waals surface area contributed by atoms with Gasteiger partial charge >= 0.3 is 6.03 Å². The molecule has 2 fully saturated rings. The average Bonchev–Trinajstić information content (AvgIpc) is 2.81. The van der Waals surface area contributed by atoms with Crippen molar-refractivity contribution >= 4 is 11.9 Å². The molecule has 1 atom stereocenters. The smallest absolute Gasteiger partial charge is 0.324 e. The highest BCUT2D eigenvalue weighted by atomic mass is 16.2. The predicted molar refractivity (Wildman–Crippen MR) is 42.4 cm³/mol. The van der Waals surface area contributed by atoms with Crippen molar-refractivity contribution in [1.29, 1.82) is 0 Å². The molecule has 1 aliphatic carbocycles. The monoisotopic (exact) mass is 168 g/mol. The summed E-state index contributed by atoms with van der Waals surface area (Å²) < 4.78 is 0. The van der Waals surface area contributed by atoms with Crippen molar-refractivity contribution in [1.82, 2.24) is 10.2 Å². The standard InChI is InChI=1S/C8H12N2O2/c1-5-4-9-8(12)10(7(5)11)6-2-3-6/h5-6H,2-4H2,1H3,(H,9,12). The number of rotatable bonds is 1. The van der Waals surface area contributed by atoms with E-state index < -0.39 is 0 Å². The third kappa shape index (κ3) is 1.07. The molecule has 1 heterocycles. The zero-order valence-corrected chi connectivity index (χ0v) is 7.04. The van der Waals surface area contributed by atoms with Gasteiger partial charge in [-0.1, -0.05) is 6.92 Å². The Morgan fingerprint density at radius 2 is 2.08 bits per heavy atom. The Morgan fingerprint density at radius 1 is 1.42 bits per heavy atom. The van der Waals surface area contributed by atoms with Gasteiger partial charge in [0.15, 0.2) is 0 Å². The number of carbonyl (C=O) groups is 2. The molecule has 4 heteroatoms. The zero-order chi connectivity index (χ0) is 8.72. The van der Waals surface area contributed by atoms with Crippen LogP contribution in [0.2, 0.25) is 0 Å². The molecule has 1 saturated carbocycles. The van der Waals surface area contributed by atoms with Crippen LogP contribution in [-0.2, 0) is 4.79 Å². The van der Waals surface area contributed by atoms with Crippen LogP contribution >= 0.6 is 0 Å². The molecule has 1 saturated heterocycles. The Kier molecular flexibility index (Phi) is 1.56. The maximum absolute atomic E-state index is 11.5. The minimum Gasteiger partial charge on any atom is -0.337 e. The fourth-order valence-electron chi connectivity index (χ4n) is 1.43. The summed E-state index contributed by atoms with van der Waals surface area (Å²) >= 11 is 0. The molecule has 3 amide bonds. The lowest BCUT2D eigenvalue weighted by atomic mass is 10.1. The normalized spacial score (nSPS) is 30.4. The van der Waals surface area contributed by atoms with E-state index in [1.807, 2.05) is 6.92 Å². The maximum Gasteiger partial charge on any atom is 0.324 e. The average molecular weight is 168 g/mol. The lowest BCUT2D eigenvalue weighted by Gasteiger charge is -2.29. The van der Waals surface area contributed by atoms with E-state index >= 15 is 0 Å². The van der Waals surface area contributed by atoms with Gasteiger partial charge in [-0.2, -0.15) is 0 Å². The largest absolute Gasteiger partial charge is 0.337 e.